The third-order valence-corrected chi connectivity index (χ3v) is 14.8. The van der Waals surface area contributed by atoms with E-state index >= 15 is 0 Å². The summed E-state index contributed by atoms with van der Waals surface area (Å²) >= 11 is 0. The number of benzene rings is 3. The summed E-state index contributed by atoms with van der Waals surface area (Å²) in [6.07, 6.45) is -1.32. The molecule has 1 saturated heterocycles. The minimum atomic E-state index is -4.06. The van der Waals surface area contributed by atoms with Gasteiger partial charge in [0.2, 0.25) is 23.6 Å². The van der Waals surface area contributed by atoms with Crippen molar-refractivity contribution in [2.75, 3.05) is 33.9 Å². The van der Waals surface area contributed by atoms with Gasteiger partial charge in [-0.15, -0.1) is 0 Å². The SMILES string of the molecule is COP(=O)(OC)C1(NC(=O)OCc2ccccc2)CCN(C(=O)[C@@H](CCCCNC(=O)OC(C)(C)C)NC(=O)[C@@H](CC(C)C)NC(=O)[C@@H](Cc2ccccc2)NC(=O)[C@@H](Cc2ccccc2)NC(=O)OC(C)(C)C)CC1. The van der Waals surface area contributed by atoms with Crippen LogP contribution in [0.3, 0.4) is 0 Å². The molecule has 0 bridgehead atoms. The first-order valence-corrected chi connectivity index (χ1v) is 27.3. The fourth-order valence-electron chi connectivity index (χ4n) is 8.48. The first-order chi connectivity index (χ1) is 35.8. The van der Waals surface area contributed by atoms with Crippen molar-refractivity contribution in [3.05, 3.63) is 108 Å². The fourth-order valence-corrected chi connectivity index (χ4v) is 10.3. The monoisotopic (exact) mass is 1080 g/mol. The Balaban J connectivity index is 1.59. The van der Waals surface area contributed by atoms with Crippen molar-refractivity contribution in [3.8, 4) is 0 Å². The van der Waals surface area contributed by atoms with E-state index in [2.05, 4.69) is 31.9 Å². The highest BCUT2D eigenvalue weighted by Gasteiger charge is 2.54. The Morgan fingerprint density at radius 2 is 1.04 bits per heavy atom. The van der Waals surface area contributed by atoms with Crippen molar-refractivity contribution in [2.45, 2.75) is 154 Å². The summed E-state index contributed by atoms with van der Waals surface area (Å²) in [7, 11) is -1.64. The summed E-state index contributed by atoms with van der Waals surface area (Å²) in [5, 5.41) is 15.2. The van der Waals surface area contributed by atoms with Gasteiger partial charge in [0.1, 0.15) is 47.3 Å². The second-order valence-corrected chi connectivity index (χ2v) is 23.8. The van der Waals surface area contributed by atoms with Gasteiger partial charge in [-0.3, -0.25) is 23.7 Å². The number of carbonyl (C=O) groups excluding carboxylic acids is 7. The van der Waals surface area contributed by atoms with Crippen LogP contribution in [0, 0.1) is 5.92 Å². The molecule has 1 aliphatic heterocycles. The number of likely N-dealkylation sites (tertiary alicyclic amines) is 1. The van der Waals surface area contributed by atoms with Crippen molar-refractivity contribution in [2.24, 2.45) is 5.92 Å². The zero-order chi connectivity index (χ0) is 56.1. The normalized spacial score (nSPS) is 15.2. The number of carbonyl (C=O) groups is 7. The second kappa shape index (κ2) is 29.1. The van der Waals surface area contributed by atoms with E-state index in [-0.39, 0.29) is 70.7 Å². The van der Waals surface area contributed by atoms with E-state index in [0.29, 0.717) is 18.4 Å². The maximum atomic E-state index is 14.7. The summed E-state index contributed by atoms with van der Waals surface area (Å²) in [5.74, 6) is -2.64. The molecule has 1 aliphatic rings. The van der Waals surface area contributed by atoms with E-state index < -0.39 is 90.2 Å². The van der Waals surface area contributed by atoms with Crippen molar-refractivity contribution >= 4 is 49.5 Å². The van der Waals surface area contributed by atoms with E-state index in [4.69, 9.17) is 23.3 Å². The Labute approximate surface area is 447 Å². The van der Waals surface area contributed by atoms with Crippen LogP contribution in [0.2, 0.25) is 0 Å². The number of nitrogens with one attached hydrogen (secondary N) is 6. The molecular formula is C55H80N7O13P. The molecular weight excluding hydrogens is 998 g/mol. The molecule has 21 heteroatoms. The molecule has 1 fully saturated rings. The molecule has 0 radical (unpaired) electrons. The van der Waals surface area contributed by atoms with E-state index in [1.807, 2.05) is 44.2 Å². The lowest BCUT2D eigenvalue weighted by Gasteiger charge is -2.44. The average Bonchev–Trinajstić information content (AvgIpc) is 3.36. The van der Waals surface area contributed by atoms with Crippen molar-refractivity contribution in [1.29, 1.82) is 0 Å². The van der Waals surface area contributed by atoms with Gasteiger partial charge >= 0.3 is 25.9 Å². The molecule has 0 saturated carbocycles. The summed E-state index contributed by atoms with van der Waals surface area (Å²) in [5.41, 5.74) is 0.601. The maximum absolute atomic E-state index is 14.7. The van der Waals surface area contributed by atoms with Gasteiger partial charge in [-0.2, -0.15) is 0 Å². The number of hydrogen-bond acceptors (Lipinski definition) is 13. The van der Waals surface area contributed by atoms with Gasteiger partial charge in [0.15, 0.2) is 0 Å². The van der Waals surface area contributed by atoms with Gasteiger partial charge in [0.05, 0.1) is 0 Å². The summed E-state index contributed by atoms with van der Waals surface area (Å²) in [6, 6.07) is 22.3. The lowest BCUT2D eigenvalue weighted by molar-refractivity contribution is -0.139. The molecule has 4 atom stereocenters. The van der Waals surface area contributed by atoms with Crippen LogP contribution < -0.4 is 31.9 Å². The van der Waals surface area contributed by atoms with Gasteiger partial charge in [0, 0.05) is 46.7 Å². The van der Waals surface area contributed by atoms with Gasteiger partial charge in [0.25, 0.3) is 0 Å². The van der Waals surface area contributed by atoms with Crippen LogP contribution in [0.25, 0.3) is 0 Å². The van der Waals surface area contributed by atoms with Gasteiger partial charge in [-0.25, -0.2) is 14.4 Å². The van der Waals surface area contributed by atoms with Crippen LogP contribution >= 0.6 is 7.60 Å². The quantitative estimate of drug-likeness (QED) is 0.0277. The molecule has 0 spiro atoms. The van der Waals surface area contributed by atoms with E-state index in [1.54, 1.807) is 102 Å². The summed E-state index contributed by atoms with van der Waals surface area (Å²) < 4.78 is 41.4. The molecule has 418 valence electrons. The number of alkyl carbamates (subject to hydrolysis) is 3. The van der Waals surface area contributed by atoms with Crippen LogP contribution in [0.15, 0.2) is 91.0 Å². The predicted octanol–water partition coefficient (Wildman–Crippen LogP) is 7.29. The smallest absolute Gasteiger partial charge is 0.408 e. The number of unbranched alkanes of at least 4 members (excludes halogenated alkanes) is 1. The Bertz CT molecular complexity index is 2400. The summed E-state index contributed by atoms with van der Waals surface area (Å²) in [6.45, 7) is 14.2. The molecule has 0 aliphatic carbocycles. The van der Waals surface area contributed by atoms with E-state index in [9.17, 15) is 38.1 Å². The van der Waals surface area contributed by atoms with Crippen LogP contribution in [0.1, 0.15) is 111 Å². The van der Waals surface area contributed by atoms with Crippen LogP contribution in [0.5, 0.6) is 0 Å². The third-order valence-electron chi connectivity index (χ3n) is 12.2. The molecule has 76 heavy (non-hydrogen) atoms. The Morgan fingerprint density at radius 1 is 0.592 bits per heavy atom. The Morgan fingerprint density at radius 3 is 1.53 bits per heavy atom. The third kappa shape index (κ3) is 20.6. The molecule has 1 heterocycles. The maximum Gasteiger partial charge on any atom is 0.408 e. The minimum Gasteiger partial charge on any atom is -0.445 e. The first kappa shape index (κ1) is 62.0. The highest BCUT2D eigenvalue weighted by Crippen LogP contribution is 2.61. The molecule has 20 nitrogen and oxygen atoms in total. The van der Waals surface area contributed by atoms with Crippen LogP contribution in [-0.4, -0.2) is 121 Å². The number of hydrogen-bond donors (Lipinski definition) is 6. The average molecular weight is 1080 g/mol. The Hall–Kier alpha value is -6.50. The lowest BCUT2D eigenvalue weighted by atomic mass is 9.99. The first-order valence-electron chi connectivity index (χ1n) is 25.8. The van der Waals surface area contributed by atoms with Crippen molar-refractivity contribution < 1.29 is 61.4 Å². The predicted molar refractivity (Wildman–Crippen MR) is 287 cm³/mol. The van der Waals surface area contributed by atoms with Crippen molar-refractivity contribution in [3.63, 3.8) is 0 Å². The number of rotatable bonds is 25. The van der Waals surface area contributed by atoms with Crippen LogP contribution in [0.4, 0.5) is 14.4 Å². The highest BCUT2D eigenvalue weighted by atomic mass is 31.2. The largest absolute Gasteiger partial charge is 0.445 e. The summed E-state index contributed by atoms with van der Waals surface area (Å²) in [4.78, 5) is 98.4. The van der Waals surface area contributed by atoms with E-state index in [0.717, 1.165) is 11.1 Å². The number of amides is 7. The number of nitrogens with zero attached hydrogens (tertiary/aromatic N) is 1. The molecule has 0 unspecified atom stereocenters. The highest BCUT2D eigenvalue weighted by molar-refractivity contribution is 7.55. The molecule has 4 rings (SSSR count). The molecule has 3 aromatic rings. The lowest BCUT2D eigenvalue weighted by Crippen LogP contribution is -2.60. The van der Waals surface area contributed by atoms with Gasteiger partial charge in [-0.05, 0) is 103 Å². The minimum absolute atomic E-state index is 0.0203. The van der Waals surface area contributed by atoms with Crippen molar-refractivity contribution in [1.82, 2.24) is 36.8 Å². The standard InChI is InChI=1S/C55H80N7O13P/c1-38(2)34-43(58-47(64)44(35-39-22-14-11-15-23-39)59-48(65)45(36-40-24-16-12-17-25-40)60-51(68)75-54(6,7)8)46(63)57-42(28-20-21-31-56-50(67)74-53(3,4)5)49(66)62-32-29-55(30-33-62,76(70,71-9)72-10)61-52(69)73-37-41-26-18-13-19-27-41/h11-19,22-27,38,42-45H,20-21,28-37H2,1-10H3,(H,56,67)(H,57,63)(H,58,64)(H,59,65)(H,60,68)(H,61,69)/t42-,43-,44-,45-/m1/s1. The van der Waals surface area contributed by atoms with Gasteiger partial charge < -0.3 is 60.1 Å². The topological polar surface area (TPSA) is 258 Å². The Kier molecular flexibility index (Phi) is 23.8. The molecule has 6 N–H and O–H groups in total. The van der Waals surface area contributed by atoms with Crippen LogP contribution in [-0.2, 0) is 66.4 Å². The molecule has 0 aromatic heterocycles. The molecule has 3 aromatic carbocycles. The fraction of sp³-hybridized carbons (Fsp3) is 0.545. The molecule has 7 amide bonds. The second-order valence-electron chi connectivity index (χ2n) is 21.2. The van der Waals surface area contributed by atoms with Gasteiger partial charge in [-0.1, -0.05) is 105 Å². The number of piperidine rings is 1. The number of ether oxygens (including phenoxy) is 3. The zero-order valence-corrected chi connectivity index (χ0v) is 46.6. The zero-order valence-electron chi connectivity index (χ0n) is 45.7. The van der Waals surface area contributed by atoms with E-state index in [1.165, 1.54) is 19.1 Å².